The van der Waals surface area contributed by atoms with Crippen molar-refractivity contribution in [1.29, 1.82) is 0 Å². The minimum Gasteiger partial charge on any atom is -0.466 e. The quantitative estimate of drug-likeness (QED) is 0.659. The predicted octanol–water partition coefficient (Wildman–Crippen LogP) is 2.93. The van der Waals surface area contributed by atoms with E-state index in [2.05, 4.69) is 10.0 Å². The Morgan fingerprint density at radius 1 is 1.04 bits per heavy atom. The van der Waals surface area contributed by atoms with Crippen molar-refractivity contribution in [2.45, 2.75) is 38.1 Å². The molecule has 2 aromatic carbocycles. The maximum absolute atomic E-state index is 12.8. The van der Waals surface area contributed by atoms with Gasteiger partial charge in [0.1, 0.15) is 0 Å². The van der Waals surface area contributed by atoms with Gasteiger partial charge in [-0.1, -0.05) is 29.8 Å². The first-order valence-corrected chi connectivity index (χ1v) is 10.3. The molecule has 0 heterocycles. The Hall–Kier alpha value is -2.71. The molecule has 0 fully saturated rings. The Balaban J connectivity index is 2.26. The van der Waals surface area contributed by atoms with E-state index in [1.807, 2.05) is 19.1 Å². The van der Waals surface area contributed by atoms with Crippen LogP contribution >= 0.6 is 0 Å². The lowest BCUT2D eigenvalue weighted by atomic mass is 10.0. The van der Waals surface area contributed by atoms with Crippen LogP contribution in [0.15, 0.2) is 53.4 Å². The maximum atomic E-state index is 12.8. The highest BCUT2D eigenvalue weighted by molar-refractivity contribution is 7.89. The van der Waals surface area contributed by atoms with E-state index >= 15 is 0 Å². The number of sulfonamides is 1. The van der Waals surface area contributed by atoms with E-state index in [1.165, 1.54) is 31.2 Å². The van der Waals surface area contributed by atoms with Crippen LogP contribution in [0.1, 0.15) is 37.4 Å². The van der Waals surface area contributed by atoms with Crippen LogP contribution in [0.3, 0.4) is 0 Å². The van der Waals surface area contributed by atoms with Gasteiger partial charge in [-0.2, -0.15) is 0 Å². The lowest BCUT2D eigenvalue weighted by Crippen LogP contribution is -2.30. The second-order valence-corrected chi connectivity index (χ2v) is 8.01. The summed E-state index contributed by atoms with van der Waals surface area (Å²) < 4.78 is 33.2. The molecule has 0 saturated carbocycles. The highest BCUT2D eigenvalue weighted by Crippen LogP contribution is 2.22. The molecular weight excluding hydrogens is 380 g/mol. The summed E-state index contributed by atoms with van der Waals surface area (Å²) >= 11 is 0. The van der Waals surface area contributed by atoms with E-state index in [0.717, 1.165) is 5.56 Å². The number of hydrogen-bond donors (Lipinski definition) is 2. The fourth-order valence-corrected chi connectivity index (χ4v) is 3.81. The molecule has 7 nitrogen and oxygen atoms in total. The van der Waals surface area contributed by atoms with Gasteiger partial charge in [-0.25, -0.2) is 13.1 Å². The Morgan fingerprint density at radius 2 is 1.64 bits per heavy atom. The van der Waals surface area contributed by atoms with Crippen molar-refractivity contribution in [2.24, 2.45) is 0 Å². The van der Waals surface area contributed by atoms with Crippen molar-refractivity contribution in [3.8, 4) is 0 Å². The summed E-state index contributed by atoms with van der Waals surface area (Å²) in [5.41, 5.74) is 2.18. The molecular formula is C20H24N2O5S. The maximum Gasteiger partial charge on any atom is 0.307 e. The van der Waals surface area contributed by atoms with E-state index in [1.54, 1.807) is 19.1 Å². The molecule has 0 unspecified atom stereocenters. The van der Waals surface area contributed by atoms with Crippen LogP contribution in [0.4, 0.5) is 5.69 Å². The normalized spacial score (nSPS) is 12.2. The molecule has 1 atom stereocenters. The van der Waals surface area contributed by atoms with Crippen LogP contribution in [0.5, 0.6) is 0 Å². The van der Waals surface area contributed by atoms with Crippen LogP contribution in [-0.4, -0.2) is 26.9 Å². The summed E-state index contributed by atoms with van der Waals surface area (Å²) in [6.45, 7) is 5.20. The third-order valence-electron chi connectivity index (χ3n) is 3.94. The average Bonchev–Trinajstić information content (AvgIpc) is 2.62. The Morgan fingerprint density at radius 3 is 2.18 bits per heavy atom. The SMILES string of the molecule is CCOC(=O)C[C@@H](NS(=O)(=O)c1ccc(NC(C)=O)cc1)c1ccc(C)cc1. The summed E-state index contributed by atoms with van der Waals surface area (Å²) in [5, 5.41) is 2.58. The number of anilines is 1. The third-order valence-corrected chi connectivity index (χ3v) is 5.43. The van der Waals surface area contributed by atoms with E-state index in [-0.39, 0.29) is 23.8 Å². The molecule has 2 aromatic rings. The van der Waals surface area contributed by atoms with Gasteiger partial charge in [0.25, 0.3) is 0 Å². The molecule has 28 heavy (non-hydrogen) atoms. The fraction of sp³-hybridized carbons (Fsp3) is 0.300. The number of rotatable bonds is 8. The highest BCUT2D eigenvalue weighted by atomic mass is 32.2. The van der Waals surface area contributed by atoms with Crippen molar-refractivity contribution >= 4 is 27.6 Å². The van der Waals surface area contributed by atoms with Gasteiger partial charge in [0.15, 0.2) is 0 Å². The zero-order valence-electron chi connectivity index (χ0n) is 16.1. The van der Waals surface area contributed by atoms with Gasteiger partial charge in [-0.05, 0) is 43.7 Å². The summed E-state index contributed by atoms with van der Waals surface area (Å²) in [7, 11) is -3.89. The summed E-state index contributed by atoms with van der Waals surface area (Å²) in [6.07, 6.45) is -0.125. The minimum absolute atomic E-state index is 0.0302. The highest BCUT2D eigenvalue weighted by Gasteiger charge is 2.24. The van der Waals surface area contributed by atoms with Crippen molar-refractivity contribution < 1.29 is 22.7 Å². The lowest BCUT2D eigenvalue weighted by molar-refractivity contribution is -0.143. The standard InChI is InChI=1S/C20H24N2O5S/c1-4-27-20(24)13-19(16-7-5-14(2)6-8-16)22-28(25,26)18-11-9-17(10-12-18)21-15(3)23/h5-12,19,22H,4,13H2,1-3H3,(H,21,23)/t19-/m1/s1. The first-order chi connectivity index (χ1) is 13.2. The van der Waals surface area contributed by atoms with E-state index in [9.17, 15) is 18.0 Å². The largest absolute Gasteiger partial charge is 0.466 e. The molecule has 150 valence electrons. The number of carbonyl (C=O) groups excluding carboxylic acids is 2. The number of esters is 1. The Kier molecular flexibility index (Phi) is 7.31. The molecule has 1 amide bonds. The van der Waals surface area contributed by atoms with Crippen LogP contribution in [0.25, 0.3) is 0 Å². The van der Waals surface area contributed by atoms with Gasteiger partial charge in [0.05, 0.1) is 24.0 Å². The molecule has 8 heteroatoms. The molecule has 0 saturated heterocycles. The van der Waals surface area contributed by atoms with Crippen molar-refractivity contribution in [3.05, 3.63) is 59.7 Å². The number of carbonyl (C=O) groups is 2. The van der Waals surface area contributed by atoms with Gasteiger partial charge >= 0.3 is 5.97 Å². The monoisotopic (exact) mass is 404 g/mol. The van der Waals surface area contributed by atoms with Gasteiger partial charge < -0.3 is 10.1 Å². The topological polar surface area (TPSA) is 102 Å². The Labute approximate surface area is 165 Å². The van der Waals surface area contributed by atoms with Crippen molar-refractivity contribution in [2.75, 3.05) is 11.9 Å². The zero-order chi connectivity index (χ0) is 20.7. The Bertz CT molecular complexity index is 922. The number of aryl methyl sites for hydroxylation is 1. The molecule has 0 aromatic heterocycles. The van der Waals surface area contributed by atoms with E-state index in [4.69, 9.17) is 4.74 Å². The van der Waals surface area contributed by atoms with Gasteiger partial charge in [0.2, 0.25) is 15.9 Å². The fourth-order valence-electron chi connectivity index (χ4n) is 2.59. The average molecular weight is 404 g/mol. The molecule has 2 rings (SSSR count). The molecule has 0 spiro atoms. The van der Waals surface area contributed by atoms with Gasteiger partial charge in [0, 0.05) is 12.6 Å². The minimum atomic E-state index is -3.89. The second-order valence-electron chi connectivity index (χ2n) is 6.30. The molecule has 0 aliphatic rings. The number of ether oxygens (including phenoxy) is 1. The second kappa shape index (κ2) is 9.48. The number of hydrogen-bond acceptors (Lipinski definition) is 5. The number of benzene rings is 2. The summed E-state index contributed by atoms with van der Waals surface area (Å²) in [6, 6.07) is 12.3. The lowest BCUT2D eigenvalue weighted by Gasteiger charge is -2.19. The molecule has 2 N–H and O–H groups in total. The molecule has 0 aliphatic carbocycles. The molecule has 0 aliphatic heterocycles. The predicted molar refractivity (Wildman–Crippen MR) is 106 cm³/mol. The smallest absolute Gasteiger partial charge is 0.307 e. The molecule has 0 radical (unpaired) electrons. The van der Waals surface area contributed by atoms with Gasteiger partial charge in [-0.3, -0.25) is 9.59 Å². The zero-order valence-corrected chi connectivity index (χ0v) is 16.9. The van der Waals surface area contributed by atoms with Gasteiger partial charge in [-0.15, -0.1) is 0 Å². The van der Waals surface area contributed by atoms with E-state index < -0.39 is 22.0 Å². The van der Waals surface area contributed by atoms with Crippen LogP contribution in [0.2, 0.25) is 0 Å². The van der Waals surface area contributed by atoms with Crippen molar-refractivity contribution in [3.63, 3.8) is 0 Å². The first-order valence-electron chi connectivity index (χ1n) is 8.83. The first kappa shape index (κ1) is 21.6. The summed E-state index contributed by atoms with van der Waals surface area (Å²) in [5.74, 6) is -0.737. The summed E-state index contributed by atoms with van der Waals surface area (Å²) in [4.78, 5) is 23.1. The molecule has 0 bridgehead atoms. The van der Waals surface area contributed by atoms with Crippen LogP contribution in [0, 0.1) is 6.92 Å². The third kappa shape index (κ3) is 6.17. The van der Waals surface area contributed by atoms with E-state index in [0.29, 0.717) is 11.3 Å². The number of amides is 1. The number of nitrogens with one attached hydrogen (secondary N) is 2. The van der Waals surface area contributed by atoms with Crippen molar-refractivity contribution in [1.82, 2.24) is 4.72 Å². The van der Waals surface area contributed by atoms with Crippen LogP contribution in [-0.2, 0) is 24.3 Å². The van der Waals surface area contributed by atoms with Crippen LogP contribution < -0.4 is 10.0 Å².